The summed E-state index contributed by atoms with van der Waals surface area (Å²) in [6.07, 6.45) is 0. The van der Waals surface area contributed by atoms with Crippen molar-refractivity contribution >= 4 is 38.3 Å². The number of carbonyl (C=O) groups excluding carboxylic acids is 1. The van der Waals surface area contributed by atoms with E-state index in [-0.39, 0.29) is 5.91 Å². The predicted molar refractivity (Wildman–Crippen MR) is 99.1 cm³/mol. The third-order valence-electron chi connectivity index (χ3n) is 3.43. The van der Waals surface area contributed by atoms with Crippen LogP contribution in [-0.4, -0.2) is 10.9 Å². The lowest BCUT2D eigenvalue weighted by Gasteiger charge is -2.02. The van der Waals surface area contributed by atoms with E-state index in [1.54, 1.807) is 12.1 Å². The van der Waals surface area contributed by atoms with Crippen molar-refractivity contribution < 1.29 is 4.79 Å². The molecule has 1 heterocycles. The first-order valence-corrected chi connectivity index (χ1v) is 8.75. The molecule has 3 nitrogen and oxygen atoms in total. The third kappa shape index (κ3) is 3.68. The van der Waals surface area contributed by atoms with Crippen molar-refractivity contribution in [3.63, 3.8) is 0 Å². The third-order valence-corrected chi connectivity index (χ3v) is 4.81. The molecule has 116 valence electrons. The van der Waals surface area contributed by atoms with Crippen LogP contribution in [-0.2, 0) is 0 Å². The van der Waals surface area contributed by atoms with Crippen molar-refractivity contribution in [2.24, 2.45) is 0 Å². The SMILES string of the molecule is Cc1ccc(-c2nc(NC(=O)c3cccc(Br)c3)sc2C)cc1. The smallest absolute Gasteiger partial charge is 0.257 e. The van der Waals surface area contributed by atoms with E-state index in [9.17, 15) is 4.79 Å². The second kappa shape index (κ2) is 6.64. The maximum atomic E-state index is 12.3. The summed E-state index contributed by atoms with van der Waals surface area (Å²) in [5.41, 5.74) is 3.79. The van der Waals surface area contributed by atoms with Crippen LogP contribution in [0.4, 0.5) is 5.13 Å². The van der Waals surface area contributed by atoms with Crippen LogP contribution in [0.25, 0.3) is 11.3 Å². The van der Waals surface area contributed by atoms with Crippen molar-refractivity contribution in [1.29, 1.82) is 0 Å². The monoisotopic (exact) mass is 386 g/mol. The highest BCUT2D eigenvalue weighted by Gasteiger charge is 2.13. The van der Waals surface area contributed by atoms with Gasteiger partial charge in [0, 0.05) is 20.5 Å². The molecule has 23 heavy (non-hydrogen) atoms. The number of thiazole rings is 1. The van der Waals surface area contributed by atoms with Crippen molar-refractivity contribution in [3.05, 3.63) is 69.0 Å². The Morgan fingerprint density at radius 1 is 1.13 bits per heavy atom. The van der Waals surface area contributed by atoms with Gasteiger partial charge in [0.05, 0.1) is 5.69 Å². The van der Waals surface area contributed by atoms with E-state index in [0.717, 1.165) is 20.6 Å². The molecule has 0 fully saturated rings. The Hall–Kier alpha value is -1.98. The fraction of sp³-hybridized carbons (Fsp3) is 0.111. The Morgan fingerprint density at radius 2 is 1.87 bits per heavy atom. The van der Waals surface area contributed by atoms with Gasteiger partial charge in [-0.2, -0.15) is 0 Å². The van der Waals surface area contributed by atoms with Gasteiger partial charge in [0.1, 0.15) is 0 Å². The summed E-state index contributed by atoms with van der Waals surface area (Å²) >= 11 is 4.86. The number of halogens is 1. The van der Waals surface area contributed by atoms with E-state index >= 15 is 0 Å². The molecule has 3 rings (SSSR count). The van der Waals surface area contributed by atoms with E-state index in [0.29, 0.717) is 10.7 Å². The van der Waals surface area contributed by atoms with Gasteiger partial charge >= 0.3 is 0 Å². The molecular formula is C18H15BrN2OS. The Bertz CT molecular complexity index is 856. The average molecular weight is 387 g/mol. The standard InChI is InChI=1S/C18H15BrN2OS/c1-11-6-8-13(9-7-11)16-12(2)23-18(20-16)21-17(22)14-4-3-5-15(19)10-14/h3-10H,1-2H3,(H,20,21,22). The summed E-state index contributed by atoms with van der Waals surface area (Å²) in [4.78, 5) is 18.0. The summed E-state index contributed by atoms with van der Waals surface area (Å²) in [6, 6.07) is 15.5. The van der Waals surface area contributed by atoms with Gasteiger partial charge in [-0.15, -0.1) is 11.3 Å². The second-order valence-electron chi connectivity index (χ2n) is 5.25. The van der Waals surface area contributed by atoms with Crippen LogP contribution in [0.1, 0.15) is 20.8 Å². The van der Waals surface area contributed by atoms with E-state index in [4.69, 9.17) is 0 Å². The van der Waals surface area contributed by atoms with Crippen molar-refractivity contribution in [2.75, 3.05) is 5.32 Å². The maximum absolute atomic E-state index is 12.3. The van der Waals surface area contributed by atoms with Gasteiger partial charge in [-0.05, 0) is 32.0 Å². The summed E-state index contributed by atoms with van der Waals surface area (Å²) in [5.74, 6) is -0.157. The molecule has 0 saturated carbocycles. The van der Waals surface area contributed by atoms with Crippen LogP contribution < -0.4 is 5.32 Å². The predicted octanol–water partition coefficient (Wildman–Crippen LogP) is 5.44. The van der Waals surface area contributed by atoms with Gasteiger partial charge in [-0.3, -0.25) is 10.1 Å². The first kappa shape index (κ1) is 15.9. The van der Waals surface area contributed by atoms with E-state index in [1.165, 1.54) is 16.9 Å². The Morgan fingerprint density at radius 3 is 2.57 bits per heavy atom. The maximum Gasteiger partial charge on any atom is 0.257 e. The molecule has 1 N–H and O–H groups in total. The van der Waals surface area contributed by atoms with Crippen LogP contribution >= 0.6 is 27.3 Å². The Kier molecular flexibility index (Phi) is 4.59. The summed E-state index contributed by atoms with van der Waals surface area (Å²) in [7, 11) is 0. The number of rotatable bonds is 3. The molecular weight excluding hydrogens is 372 g/mol. The molecule has 0 spiro atoms. The number of carbonyl (C=O) groups is 1. The fourth-order valence-corrected chi connectivity index (χ4v) is 3.46. The zero-order valence-corrected chi connectivity index (χ0v) is 15.2. The molecule has 0 bridgehead atoms. The van der Waals surface area contributed by atoms with Gasteiger partial charge in [0.25, 0.3) is 5.91 Å². The Labute approximate surface area is 147 Å². The van der Waals surface area contributed by atoms with E-state index < -0.39 is 0 Å². The highest BCUT2D eigenvalue weighted by atomic mass is 79.9. The van der Waals surface area contributed by atoms with E-state index in [2.05, 4.69) is 57.4 Å². The van der Waals surface area contributed by atoms with Crippen molar-refractivity contribution in [3.8, 4) is 11.3 Å². The quantitative estimate of drug-likeness (QED) is 0.650. The number of benzene rings is 2. The Balaban J connectivity index is 1.83. The summed E-state index contributed by atoms with van der Waals surface area (Å²) < 4.78 is 0.876. The van der Waals surface area contributed by atoms with Crippen LogP contribution in [0, 0.1) is 13.8 Å². The minimum Gasteiger partial charge on any atom is -0.298 e. The lowest BCUT2D eigenvalue weighted by atomic mass is 10.1. The number of nitrogens with one attached hydrogen (secondary N) is 1. The van der Waals surface area contributed by atoms with Crippen LogP contribution in [0.5, 0.6) is 0 Å². The number of aryl methyl sites for hydroxylation is 2. The van der Waals surface area contributed by atoms with Gasteiger partial charge in [0.2, 0.25) is 0 Å². The minimum absolute atomic E-state index is 0.157. The van der Waals surface area contributed by atoms with Crippen molar-refractivity contribution in [2.45, 2.75) is 13.8 Å². The fourth-order valence-electron chi connectivity index (χ4n) is 2.23. The van der Waals surface area contributed by atoms with Crippen LogP contribution in [0.15, 0.2) is 53.0 Å². The number of anilines is 1. The molecule has 0 aliphatic rings. The molecule has 0 aliphatic carbocycles. The minimum atomic E-state index is -0.157. The molecule has 0 saturated heterocycles. The molecule has 0 atom stereocenters. The highest BCUT2D eigenvalue weighted by molar-refractivity contribution is 9.10. The largest absolute Gasteiger partial charge is 0.298 e. The lowest BCUT2D eigenvalue weighted by molar-refractivity contribution is 0.102. The number of aromatic nitrogens is 1. The summed E-state index contributed by atoms with van der Waals surface area (Å²) in [6.45, 7) is 4.07. The zero-order valence-electron chi connectivity index (χ0n) is 12.8. The molecule has 1 amide bonds. The molecule has 2 aromatic carbocycles. The molecule has 0 aliphatic heterocycles. The van der Waals surface area contributed by atoms with Crippen molar-refractivity contribution in [1.82, 2.24) is 4.98 Å². The zero-order chi connectivity index (χ0) is 16.4. The molecule has 3 aromatic rings. The molecule has 0 unspecified atom stereocenters. The lowest BCUT2D eigenvalue weighted by Crippen LogP contribution is -2.11. The number of hydrogen-bond donors (Lipinski definition) is 1. The number of amides is 1. The van der Waals surface area contributed by atoms with Gasteiger partial charge in [-0.25, -0.2) is 4.98 Å². The second-order valence-corrected chi connectivity index (χ2v) is 7.37. The van der Waals surface area contributed by atoms with Crippen LogP contribution in [0.3, 0.4) is 0 Å². The molecule has 1 aromatic heterocycles. The number of nitrogens with zero attached hydrogens (tertiary/aromatic N) is 1. The normalized spacial score (nSPS) is 10.6. The number of hydrogen-bond acceptors (Lipinski definition) is 3. The molecule has 0 radical (unpaired) electrons. The van der Waals surface area contributed by atoms with Crippen LogP contribution in [0.2, 0.25) is 0 Å². The highest BCUT2D eigenvalue weighted by Crippen LogP contribution is 2.30. The first-order valence-electron chi connectivity index (χ1n) is 7.14. The summed E-state index contributed by atoms with van der Waals surface area (Å²) in [5, 5.41) is 3.49. The average Bonchev–Trinajstić information content (AvgIpc) is 2.88. The first-order chi connectivity index (χ1) is 11.0. The van der Waals surface area contributed by atoms with Gasteiger partial charge < -0.3 is 0 Å². The topological polar surface area (TPSA) is 42.0 Å². The van der Waals surface area contributed by atoms with Gasteiger partial charge in [-0.1, -0.05) is 51.8 Å². The van der Waals surface area contributed by atoms with E-state index in [1.807, 2.05) is 19.1 Å². The molecule has 5 heteroatoms. The van der Waals surface area contributed by atoms with Gasteiger partial charge in [0.15, 0.2) is 5.13 Å².